The van der Waals surface area contributed by atoms with E-state index in [1.807, 2.05) is 0 Å². The van der Waals surface area contributed by atoms with Crippen molar-refractivity contribution in [2.45, 2.75) is 4.90 Å². The first-order valence-electron chi connectivity index (χ1n) is 8.29. The van der Waals surface area contributed by atoms with E-state index in [-0.39, 0.29) is 32.3 Å². The second-order valence-corrected chi connectivity index (χ2v) is 9.03. The molecule has 0 aliphatic heterocycles. The van der Waals surface area contributed by atoms with Gasteiger partial charge in [-0.05, 0) is 54.6 Å². The Labute approximate surface area is 197 Å². The Morgan fingerprint density at radius 1 is 0.806 bits per heavy atom. The van der Waals surface area contributed by atoms with Crippen molar-refractivity contribution < 1.29 is 22.5 Å². The van der Waals surface area contributed by atoms with E-state index in [2.05, 4.69) is 10.6 Å². The van der Waals surface area contributed by atoms with Crippen molar-refractivity contribution >= 4 is 73.9 Å². The summed E-state index contributed by atoms with van der Waals surface area (Å²) >= 11 is 23.6. The summed E-state index contributed by atoms with van der Waals surface area (Å²) < 4.78 is 40.2. The molecule has 0 heterocycles. The van der Waals surface area contributed by atoms with Crippen molar-refractivity contribution in [1.29, 1.82) is 0 Å². The van der Waals surface area contributed by atoms with E-state index in [1.165, 1.54) is 42.5 Å². The maximum absolute atomic E-state index is 12.4. The van der Waals surface area contributed by atoms with Gasteiger partial charge in [0.05, 0.1) is 20.6 Å². The molecule has 0 atom stereocenters. The van der Waals surface area contributed by atoms with Gasteiger partial charge in [-0.2, -0.15) is 0 Å². The number of benzene rings is 3. The van der Waals surface area contributed by atoms with E-state index >= 15 is 0 Å². The molecule has 0 aromatic heterocycles. The van der Waals surface area contributed by atoms with Crippen molar-refractivity contribution in [3.8, 4) is 11.5 Å². The third-order valence-electron chi connectivity index (χ3n) is 3.76. The summed E-state index contributed by atoms with van der Waals surface area (Å²) in [6.45, 7) is 0. The summed E-state index contributed by atoms with van der Waals surface area (Å²) in [5, 5.41) is 5.97. The van der Waals surface area contributed by atoms with E-state index in [9.17, 15) is 17.8 Å². The van der Waals surface area contributed by atoms with Gasteiger partial charge in [0, 0.05) is 15.7 Å². The second kappa shape index (κ2) is 9.52. The smallest absolute Gasteiger partial charge is 0.323 e. The van der Waals surface area contributed by atoms with Gasteiger partial charge in [0.2, 0.25) is 0 Å². The summed E-state index contributed by atoms with van der Waals surface area (Å²) in [6, 6.07) is 11.6. The fourth-order valence-corrected chi connectivity index (χ4v) is 3.76. The lowest BCUT2D eigenvalue weighted by Gasteiger charge is -2.17. The minimum atomic E-state index is -4.88. The highest BCUT2D eigenvalue weighted by Gasteiger charge is 2.16. The average molecular weight is 521 g/mol. The lowest BCUT2D eigenvalue weighted by atomic mass is 10.2. The number of carbonyl (C=O) groups excluding carboxylic acids is 1. The first-order chi connectivity index (χ1) is 14.5. The van der Waals surface area contributed by atoms with Crippen LogP contribution in [0.4, 0.5) is 16.2 Å². The molecule has 0 aliphatic rings. The third-order valence-corrected chi connectivity index (χ3v) is 5.83. The molecule has 0 saturated carbocycles. The van der Waals surface area contributed by atoms with Gasteiger partial charge in [0.15, 0.2) is 5.75 Å². The predicted octanol–water partition coefficient (Wildman–Crippen LogP) is 6.64. The largest absolute Gasteiger partial charge is 0.744 e. The van der Waals surface area contributed by atoms with Crippen molar-refractivity contribution in [3.05, 3.63) is 74.7 Å². The zero-order valence-corrected chi connectivity index (χ0v) is 19.0. The second-order valence-electron chi connectivity index (χ2n) is 6.00. The van der Waals surface area contributed by atoms with Crippen molar-refractivity contribution in [1.82, 2.24) is 0 Å². The minimum absolute atomic E-state index is 0.0286. The molecule has 0 spiro atoms. The van der Waals surface area contributed by atoms with Crippen LogP contribution >= 0.6 is 46.4 Å². The van der Waals surface area contributed by atoms with Crippen LogP contribution in [0.25, 0.3) is 0 Å². The van der Waals surface area contributed by atoms with Gasteiger partial charge in [-0.25, -0.2) is 13.2 Å². The molecule has 0 saturated heterocycles. The molecule has 2 amide bonds. The van der Waals surface area contributed by atoms with Crippen LogP contribution in [-0.2, 0) is 10.1 Å². The van der Waals surface area contributed by atoms with Gasteiger partial charge in [0.1, 0.15) is 15.9 Å². The molecular weight excluding hydrogens is 510 g/mol. The van der Waals surface area contributed by atoms with E-state index in [0.717, 1.165) is 6.07 Å². The number of nitrogens with one attached hydrogen (secondary N) is 2. The quantitative estimate of drug-likeness (QED) is 0.366. The molecule has 0 unspecified atom stereocenters. The van der Waals surface area contributed by atoms with E-state index in [1.54, 1.807) is 6.07 Å². The van der Waals surface area contributed by atoms with Crippen molar-refractivity contribution in [2.75, 3.05) is 10.6 Å². The highest BCUT2D eigenvalue weighted by Crippen LogP contribution is 2.36. The van der Waals surface area contributed by atoms with E-state index < -0.39 is 21.0 Å². The molecule has 162 valence electrons. The summed E-state index contributed by atoms with van der Waals surface area (Å²) in [4.78, 5) is 11.8. The molecule has 3 aromatic rings. The van der Waals surface area contributed by atoms with Crippen LogP contribution in [-0.4, -0.2) is 19.0 Å². The van der Waals surface area contributed by atoms with Gasteiger partial charge in [0.25, 0.3) is 0 Å². The molecule has 3 aromatic carbocycles. The minimum Gasteiger partial charge on any atom is -0.744 e. The number of ether oxygens (including phenoxy) is 1. The molecule has 0 aliphatic carbocycles. The summed E-state index contributed by atoms with van der Waals surface area (Å²) in [7, 11) is -4.88. The SMILES string of the molecule is O=C(Nc1ccc(Cl)c(Cl)c1)Nc1cc(Cl)ccc1Oc1ccc(Cl)cc1S(=O)(=O)[O-]. The predicted molar refractivity (Wildman–Crippen MR) is 120 cm³/mol. The van der Waals surface area contributed by atoms with Gasteiger partial charge < -0.3 is 19.9 Å². The third kappa shape index (κ3) is 6.16. The van der Waals surface area contributed by atoms with E-state index in [4.69, 9.17) is 51.1 Å². The van der Waals surface area contributed by atoms with E-state index in [0.29, 0.717) is 10.7 Å². The molecule has 7 nitrogen and oxygen atoms in total. The van der Waals surface area contributed by atoms with Crippen molar-refractivity contribution in [3.63, 3.8) is 0 Å². The van der Waals surface area contributed by atoms with Gasteiger partial charge in [-0.1, -0.05) is 46.4 Å². The van der Waals surface area contributed by atoms with Gasteiger partial charge >= 0.3 is 6.03 Å². The van der Waals surface area contributed by atoms with Crippen LogP contribution in [0.5, 0.6) is 11.5 Å². The van der Waals surface area contributed by atoms with Crippen LogP contribution in [0.15, 0.2) is 59.5 Å². The molecule has 2 N–H and O–H groups in total. The number of urea groups is 1. The van der Waals surface area contributed by atoms with Crippen LogP contribution < -0.4 is 15.4 Å². The molecule has 0 radical (unpaired) electrons. The molecule has 31 heavy (non-hydrogen) atoms. The first kappa shape index (κ1) is 23.5. The highest BCUT2D eigenvalue weighted by atomic mass is 35.5. The Balaban J connectivity index is 1.88. The van der Waals surface area contributed by atoms with Crippen molar-refractivity contribution in [2.24, 2.45) is 0 Å². The fraction of sp³-hybridized carbons (Fsp3) is 0. The van der Waals surface area contributed by atoms with Crippen LogP contribution in [0.3, 0.4) is 0 Å². The van der Waals surface area contributed by atoms with Crippen LogP contribution in [0.2, 0.25) is 20.1 Å². The van der Waals surface area contributed by atoms with Gasteiger partial charge in [-0.3, -0.25) is 0 Å². The molecule has 12 heteroatoms. The fourth-order valence-electron chi connectivity index (χ4n) is 2.43. The summed E-state index contributed by atoms with van der Waals surface area (Å²) in [5.74, 6) is -0.240. The number of hydrogen-bond acceptors (Lipinski definition) is 5. The normalized spacial score (nSPS) is 11.1. The molecule has 0 bridgehead atoms. The monoisotopic (exact) mass is 519 g/mol. The Morgan fingerprint density at radius 2 is 1.45 bits per heavy atom. The number of amides is 2. The average Bonchev–Trinajstić information content (AvgIpc) is 2.67. The number of hydrogen-bond donors (Lipinski definition) is 2. The highest BCUT2D eigenvalue weighted by molar-refractivity contribution is 7.85. The lowest BCUT2D eigenvalue weighted by Crippen LogP contribution is -2.19. The van der Waals surface area contributed by atoms with Gasteiger partial charge in [-0.15, -0.1) is 0 Å². The lowest BCUT2D eigenvalue weighted by molar-refractivity contribution is 0.262. The Kier molecular flexibility index (Phi) is 7.20. The topological polar surface area (TPSA) is 108 Å². The Hall–Kier alpha value is -2.20. The van der Waals surface area contributed by atoms with Crippen LogP contribution in [0, 0.1) is 0 Å². The summed E-state index contributed by atoms with van der Waals surface area (Å²) in [5.41, 5.74) is 0.475. The summed E-state index contributed by atoms with van der Waals surface area (Å²) in [6.07, 6.45) is 0. The first-order valence-corrected chi connectivity index (χ1v) is 11.2. The number of halogens is 4. The Morgan fingerprint density at radius 3 is 2.10 bits per heavy atom. The molecule has 3 rings (SSSR count). The van der Waals surface area contributed by atoms with Crippen LogP contribution in [0.1, 0.15) is 0 Å². The Bertz CT molecular complexity index is 1270. The number of rotatable bonds is 5. The maximum atomic E-state index is 12.4. The number of anilines is 2. The molecule has 0 fully saturated rings. The maximum Gasteiger partial charge on any atom is 0.323 e. The molecular formula is C19H11Cl4N2O5S-. The zero-order chi connectivity index (χ0) is 22.8. The zero-order valence-electron chi connectivity index (χ0n) is 15.2. The standard InChI is InChI=1S/C19H12Cl4N2O5S/c20-10-1-5-16(30-17-6-2-11(21)8-18(17)31(27,28)29)15(7-10)25-19(26)24-12-3-4-13(22)14(23)9-12/h1-9H,(H2,24,25,26)(H,27,28,29)/p-1. The number of carbonyl (C=O) groups is 1.